The van der Waals surface area contributed by atoms with Crippen molar-refractivity contribution in [2.45, 2.75) is 13.5 Å². The molecule has 156 valence electrons. The zero-order chi connectivity index (χ0) is 21.8. The summed E-state index contributed by atoms with van der Waals surface area (Å²) in [5.74, 6) is -2.92. The van der Waals surface area contributed by atoms with E-state index in [1.165, 1.54) is 13.3 Å². The molecule has 1 aliphatic rings. The number of amides is 6. The van der Waals surface area contributed by atoms with Gasteiger partial charge >= 0.3 is 17.8 Å². The molecule has 30 heavy (non-hydrogen) atoms. The molecule has 1 aromatic carbocycles. The molecule has 2 heterocycles. The molecular formula is C20H20N4O6. The van der Waals surface area contributed by atoms with Gasteiger partial charge in [-0.3, -0.25) is 19.2 Å². The highest BCUT2D eigenvalue weighted by Crippen LogP contribution is 2.16. The average Bonchev–Trinajstić information content (AvgIpc) is 3.29. The lowest BCUT2D eigenvalue weighted by atomic mass is 10.2. The highest BCUT2D eigenvalue weighted by atomic mass is 16.3. The maximum Gasteiger partial charge on any atom is 0.335 e. The Bertz CT molecular complexity index is 983. The topological polar surface area (TPSA) is 120 Å². The maximum atomic E-state index is 12.4. The second-order valence-electron chi connectivity index (χ2n) is 6.81. The second-order valence-corrected chi connectivity index (χ2v) is 6.81. The maximum absolute atomic E-state index is 12.4. The minimum atomic E-state index is -1.10. The van der Waals surface area contributed by atoms with E-state index in [2.05, 4.69) is 5.32 Å². The van der Waals surface area contributed by atoms with Crippen LogP contribution in [0.4, 0.5) is 10.5 Å². The molecule has 0 aliphatic carbocycles. The summed E-state index contributed by atoms with van der Waals surface area (Å²) in [5, 5.41) is 2.65. The molecule has 6 amide bonds. The first kappa shape index (κ1) is 20.8. The number of rotatable bonds is 7. The molecule has 1 saturated heterocycles. The number of imide groups is 2. The van der Waals surface area contributed by atoms with Crippen LogP contribution in [0.15, 0.2) is 47.1 Å². The van der Waals surface area contributed by atoms with Gasteiger partial charge in [0, 0.05) is 12.7 Å². The van der Waals surface area contributed by atoms with Gasteiger partial charge in [-0.05, 0) is 31.2 Å². The van der Waals surface area contributed by atoms with Crippen LogP contribution >= 0.6 is 0 Å². The number of furan rings is 1. The van der Waals surface area contributed by atoms with E-state index in [1.54, 1.807) is 24.3 Å². The monoisotopic (exact) mass is 412 g/mol. The lowest BCUT2D eigenvalue weighted by molar-refractivity contribution is -0.145. The Morgan fingerprint density at radius 3 is 2.33 bits per heavy atom. The van der Waals surface area contributed by atoms with Gasteiger partial charge in [-0.2, -0.15) is 0 Å². The number of anilines is 1. The number of urea groups is 1. The first-order chi connectivity index (χ1) is 14.3. The molecule has 1 fully saturated rings. The van der Waals surface area contributed by atoms with Gasteiger partial charge in [0.05, 0.1) is 19.4 Å². The minimum absolute atomic E-state index is 0.212. The molecule has 0 saturated carbocycles. The van der Waals surface area contributed by atoms with Crippen LogP contribution in [0.1, 0.15) is 11.3 Å². The summed E-state index contributed by atoms with van der Waals surface area (Å²) >= 11 is 0. The molecule has 1 aromatic heterocycles. The quantitative estimate of drug-likeness (QED) is 0.535. The van der Waals surface area contributed by atoms with E-state index < -0.39 is 36.2 Å². The molecule has 3 rings (SSSR count). The fourth-order valence-electron chi connectivity index (χ4n) is 2.78. The number of hydrogen-bond acceptors (Lipinski definition) is 6. The average molecular weight is 412 g/mol. The molecule has 0 bridgehead atoms. The van der Waals surface area contributed by atoms with Crippen molar-refractivity contribution in [2.24, 2.45) is 0 Å². The van der Waals surface area contributed by atoms with Gasteiger partial charge < -0.3 is 14.6 Å². The standard InChI is InChI=1S/C20H20N4O6/c1-13-5-7-14(8-6-13)21-16(25)11-22(2)17(26)12-24-19(28)18(27)23(20(24)29)10-15-4-3-9-30-15/h3-9H,10-12H2,1-2H3,(H,21,25). The molecular weight excluding hydrogens is 392 g/mol. The molecule has 1 aliphatic heterocycles. The summed E-state index contributed by atoms with van der Waals surface area (Å²) in [6.45, 7) is 0.773. The van der Waals surface area contributed by atoms with Gasteiger partial charge in [0.15, 0.2) is 0 Å². The summed E-state index contributed by atoms with van der Waals surface area (Å²) in [6.07, 6.45) is 1.38. The third-order valence-corrected chi connectivity index (χ3v) is 4.46. The van der Waals surface area contributed by atoms with E-state index in [0.717, 1.165) is 10.5 Å². The van der Waals surface area contributed by atoms with Crippen LogP contribution in [0.5, 0.6) is 0 Å². The van der Waals surface area contributed by atoms with Gasteiger partial charge in [-0.1, -0.05) is 17.7 Å². The lowest BCUT2D eigenvalue weighted by Crippen LogP contribution is -2.44. The third-order valence-electron chi connectivity index (χ3n) is 4.46. The highest BCUT2D eigenvalue weighted by molar-refractivity contribution is 6.44. The van der Waals surface area contributed by atoms with Crippen molar-refractivity contribution in [2.75, 3.05) is 25.5 Å². The Balaban J connectivity index is 1.56. The van der Waals surface area contributed by atoms with Gasteiger partial charge in [-0.15, -0.1) is 0 Å². The Morgan fingerprint density at radius 2 is 1.70 bits per heavy atom. The fourth-order valence-corrected chi connectivity index (χ4v) is 2.78. The second kappa shape index (κ2) is 8.60. The highest BCUT2D eigenvalue weighted by Gasteiger charge is 2.45. The van der Waals surface area contributed by atoms with Crippen LogP contribution < -0.4 is 5.32 Å². The zero-order valence-corrected chi connectivity index (χ0v) is 16.5. The van der Waals surface area contributed by atoms with E-state index in [4.69, 9.17) is 4.42 Å². The predicted molar refractivity (Wildman–Crippen MR) is 104 cm³/mol. The number of benzene rings is 1. The number of hydrogen-bond donors (Lipinski definition) is 1. The van der Waals surface area contributed by atoms with Crippen LogP contribution in [-0.4, -0.2) is 64.5 Å². The predicted octanol–water partition coefficient (Wildman–Crippen LogP) is 0.976. The summed E-state index contributed by atoms with van der Waals surface area (Å²) in [4.78, 5) is 63.5. The largest absolute Gasteiger partial charge is 0.467 e. The smallest absolute Gasteiger partial charge is 0.335 e. The van der Waals surface area contributed by atoms with E-state index in [1.807, 2.05) is 19.1 Å². The first-order valence-electron chi connectivity index (χ1n) is 9.06. The SMILES string of the molecule is Cc1ccc(NC(=O)CN(C)C(=O)CN2C(=O)C(=O)N(Cc3ccco3)C2=O)cc1. The zero-order valence-electron chi connectivity index (χ0n) is 16.5. The molecule has 0 spiro atoms. The molecule has 10 heteroatoms. The van der Waals surface area contributed by atoms with Crippen molar-refractivity contribution < 1.29 is 28.4 Å². The number of carbonyl (C=O) groups is 5. The van der Waals surface area contributed by atoms with Crippen LogP contribution in [0.2, 0.25) is 0 Å². The lowest BCUT2D eigenvalue weighted by Gasteiger charge is -2.20. The summed E-state index contributed by atoms with van der Waals surface area (Å²) in [5.41, 5.74) is 1.62. The van der Waals surface area contributed by atoms with Gasteiger partial charge in [0.25, 0.3) is 0 Å². The van der Waals surface area contributed by atoms with Crippen LogP contribution in [0, 0.1) is 6.92 Å². The Labute approximate surface area is 172 Å². The number of carbonyl (C=O) groups excluding carboxylic acids is 5. The van der Waals surface area contributed by atoms with Crippen molar-refractivity contribution >= 4 is 35.3 Å². The number of likely N-dealkylation sites (N-methyl/N-ethyl adjacent to an activating group) is 1. The van der Waals surface area contributed by atoms with Crippen molar-refractivity contribution in [1.29, 1.82) is 0 Å². The van der Waals surface area contributed by atoms with Gasteiger partial charge in [-0.25, -0.2) is 14.6 Å². The molecule has 0 unspecified atom stereocenters. The van der Waals surface area contributed by atoms with E-state index >= 15 is 0 Å². The molecule has 10 nitrogen and oxygen atoms in total. The fraction of sp³-hybridized carbons (Fsp3) is 0.250. The van der Waals surface area contributed by atoms with Gasteiger partial charge in [0.1, 0.15) is 12.3 Å². The van der Waals surface area contributed by atoms with Crippen molar-refractivity contribution in [3.8, 4) is 0 Å². The Kier molecular flexibility index (Phi) is 5.95. The van der Waals surface area contributed by atoms with E-state index in [-0.39, 0.29) is 13.1 Å². The minimum Gasteiger partial charge on any atom is -0.467 e. The van der Waals surface area contributed by atoms with Crippen molar-refractivity contribution in [1.82, 2.24) is 14.7 Å². The number of nitrogens with one attached hydrogen (secondary N) is 1. The third kappa shape index (κ3) is 4.54. The number of aryl methyl sites for hydroxylation is 1. The molecule has 2 aromatic rings. The summed E-state index contributed by atoms with van der Waals surface area (Å²) < 4.78 is 5.09. The van der Waals surface area contributed by atoms with Crippen LogP contribution in [-0.2, 0) is 25.7 Å². The van der Waals surface area contributed by atoms with Crippen molar-refractivity contribution in [3.05, 3.63) is 54.0 Å². The van der Waals surface area contributed by atoms with Crippen molar-refractivity contribution in [3.63, 3.8) is 0 Å². The number of nitrogens with zero attached hydrogens (tertiary/aromatic N) is 3. The van der Waals surface area contributed by atoms with E-state index in [9.17, 15) is 24.0 Å². The molecule has 0 radical (unpaired) electrons. The molecule has 0 atom stereocenters. The first-order valence-corrected chi connectivity index (χ1v) is 9.06. The Hall–Kier alpha value is -3.95. The summed E-state index contributed by atoms with van der Waals surface area (Å²) in [7, 11) is 1.37. The van der Waals surface area contributed by atoms with Crippen LogP contribution in [0.25, 0.3) is 0 Å². The van der Waals surface area contributed by atoms with Crippen LogP contribution in [0.3, 0.4) is 0 Å². The van der Waals surface area contributed by atoms with E-state index in [0.29, 0.717) is 21.2 Å². The normalized spacial score (nSPS) is 13.7. The molecule has 1 N–H and O–H groups in total. The summed E-state index contributed by atoms with van der Waals surface area (Å²) in [6, 6.07) is 9.36. The van der Waals surface area contributed by atoms with Gasteiger partial charge in [0.2, 0.25) is 11.8 Å². The Morgan fingerprint density at radius 1 is 1.03 bits per heavy atom.